The van der Waals surface area contributed by atoms with Crippen LogP contribution in [-0.4, -0.2) is 54.3 Å². The van der Waals surface area contributed by atoms with Crippen molar-refractivity contribution in [3.8, 4) is 0 Å². The lowest BCUT2D eigenvalue weighted by Crippen LogP contribution is -2.50. The van der Waals surface area contributed by atoms with Gasteiger partial charge in [0.25, 0.3) is 0 Å². The van der Waals surface area contributed by atoms with Crippen LogP contribution in [0.15, 0.2) is 18.2 Å². The van der Waals surface area contributed by atoms with Crippen LogP contribution in [0.4, 0.5) is 0 Å². The Morgan fingerprint density at radius 3 is 2.52 bits per heavy atom. The number of carbonyl (C=O) groups excluding carboxylic acids is 1. The smallest absolute Gasteiger partial charge is 0.176 e. The third-order valence-corrected chi connectivity index (χ3v) is 4.92. The van der Waals surface area contributed by atoms with Crippen molar-refractivity contribution >= 4 is 5.78 Å². The average molecular weight is 286 g/mol. The topological polar surface area (TPSA) is 23.6 Å². The summed E-state index contributed by atoms with van der Waals surface area (Å²) in [6, 6.07) is 6.93. The first-order valence-corrected chi connectivity index (χ1v) is 8.25. The number of hydrogen-bond donors (Lipinski definition) is 0. The third kappa shape index (κ3) is 3.35. The highest BCUT2D eigenvalue weighted by Crippen LogP contribution is 2.23. The predicted molar refractivity (Wildman–Crippen MR) is 85.9 cm³/mol. The van der Waals surface area contributed by atoms with Gasteiger partial charge in [-0.05, 0) is 50.3 Å². The van der Waals surface area contributed by atoms with Gasteiger partial charge in [-0.1, -0.05) is 12.1 Å². The van der Waals surface area contributed by atoms with Gasteiger partial charge in [-0.2, -0.15) is 0 Å². The molecular formula is C18H26N2O. The monoisotopic (exact) mass is 286 g/mol. The Labute approximate surface area is 127 Å². The summed E-state index contributed by atoms with van der Waals surface area (Å²) in [5.74, 6) is 0.280. The van der Waals surface area contributed by atoms with Crippen LogP contribution in [-0.2, 0) is 12.8 Å². The molecule has 1 aromatic rings. The van der Waals surface area contributed by atoms with Gasteiger partial charge in [0.1, 0.15) is 0 Å². The first-order chi connectivity index (χ1) is 10.1. The van der Waals surface area contributed by atoms with Crippen LogP contribution in [0.3, 0.4) is 0 Å². The van der Waals surface area contributed by atoms with Gasteiger partial charge in [0, 0.05) is 37.8 Å². The Hall–Kier alpha value is -1.19. The van der Waals surface area contributed by atoms with Crippen LogP contribution in [0.5, 0.6) is 0 Å². The minimum absolute atomic E-state index is 0.280. The highest BCUT2D eigenvalue weighted by molar-refractivity contribution is 5.97. The number of piperazine rings is 1. The van der Waals surface area contributed by atoms with Gasteiger partial charge < -0.3 is 0 Å². The van der Waals surface area contributed by atoms with E-state index in [1.165, 1.54) is 24.0 Å². The molecule has 1 aliphatic heterocycles. The van der Waals surface area contributed by atoms with Crippen molar-refractivity contribution in [1.82, 2.24) is 9.80 Å². The molecule has 2 aliphatic rings. The maximum absolute atomic E-state index is 12.5. The summed E-state index contributed by atoms with van der Waals surface area (Å²) in [7, 11) is 0. The van der Waals surface area contributed by atoms with Crippen LogP contribution in [0.25, 0.3) is 0 Å². The van der Waals surface area contributed by atoms with Crippen molar-refractivity contribution in [1.29, 1.82) is 0 Å². The molecule has 1 heterocycles. The molecule has 1 aromatic carbocycles. The van der Waals surface area contributed by atoms with Crippen LogP contribution in [0, 0.1) is 0 Å². The minimum atomic E-state index is 0.280. The van der Waals surface area contributed by atoms with Crippen LogP contribution in [0.1, 0.15) is 41.8 Å². The van der Waals surface area contributed by atoms with E-state index in [1.807, 2.05) is 6.07 Å². The van der Waals surface area contributed by atoms with Gasteiger partial charge in [-0.25, -0.2) is 0 Å². The molecule has 0 bridgehead atoms. The van der Waals surface area contributed by atoms with Crippen molar-refractivity contribution in [2.45, 2.75) is 39.2 Å². The van der Waals surface area contributed by atoms with Crippen LogP contribution < -0.4 is 0 Å². The molecule has 0 aromatic heterocycles. The molecule has 3 nitrogen and oxygen atoms in total. The van der Waals surface area contributed by atoms with Crippen molar-refractivity contribution in [2.24, 2.45) is 0 Å². The predicted octanol–water partition coefficient (Wildman–Crippen LogP) is 2.38. The van der Waals surface area contributed by atoms with Crippen molar-refractivity contribution in [2.75, 3.05) is 32.7 Å². The zero-order valence-corrected chi connectivity index (χ0v) is 13.3. The largest absolute Gasteiger partial charge is 0.298 e. The summed E-state index contributed by atoms with van der Waals surface area (Å²) in [4.78, 5) is 17.3. The second kappa shape index (κ2) is 6.29. The number of rotatable bonds is 4. The summed E-state index contributed by atoms with van der Waals surface area (Å²) < 4.78 is 0. The van der Waals surface area contributed by atoms with E-state index in [2.05, 4.69) is 35.8 Å². The molecule has 1 fully saturated rings. The standard InChI is InChI=1S/C18H26N2O/c1-14(2)20-10-8-19(9-11-20)13-18(21)17-7-6-15-4-3-5-16(15)12-17/h6-7,12,14H,3-5,8-11,13H2,1-2H3. The van der Waals surface area contributed by atoms with Gasteiger partial charge in [0.05, 0.1) is 6.54 Å². The van der Waals surface area contributed by atoms with E-state index < -0.39 is 0 Å². The highest BCUT2D eigenvalue weighted by Gasteiger charge is 2.21. The Bertz CT molecular complexity index is 516. The molecule has 0 unspecified atom stereocenters. The average Bonchev–Trinajstić information content (AvgIpc) is 2.95. The second-order valence-electron chi connectivity index (χ2n) is 6.67. The number of aryl methyl sites for hydroxylation is 2. The maximum Gasteiger partial charge on any atom is 0.176 e. The number of benzene rings is 1. The first kappa shape index (κ1) is 14.7. The SMILES string of the molecule is CC(C)N1CCN(CC(=O)c2ccc3c(c2)CCC3)CC1. The molecule has 1 aliphatic carbocycles. The lowest BCUT2D eigenvalue weighted by molar-refractivity contribution is 0.0807. The van der Waals surface area contributed by atoms with Gasteiger partial charge in [-0.15, -0.1) is 0 Å². The number of nitrogens with zero attached hydrogens (tertiary/aromatic N) is 2. The van der Waals surface area contributed by atoms with Crippen molar-refractivity contribution in [3.05, 3.63) is 34.9 Å². The Balaban J connectivity index is 1.57. The van der Waals surface area contributed by atoms with Gasteiger partial charge >= 0.3 is 0 Å². The molecule has 1 saturated heterocycles. The normalized spacial score (nSPS) is 20.0. The number of fused-ring (bicyclic) bond motifs is 1. The fraction of sp³-hybridized carbons (Fsp3) is 0.611. The summed E-state index contributed by atoms with van der Waals surface area (Å²) in [5, 5.41) is 0. The Kier molecular flexibility index (Phi) is 4.41. The van der Waals surface area contributed by atoms with Gasteiger partial charge in [-0.3, -0.25) is 14.6 Å². The molecular weight excluding hydrogens is 260 g/mol. The molecule has 21 heavy (non-hydrogen) atoms. The Morgan fingerprint density at radius 1 is 1.10 bits per heavy atom. The minimum Gasteiger partial charge on any atom is -0.298 e. The molecule has 0 N–H and O–H groups in total. The Morgan fingerprint density at radius 2 is 1.81 bits per heavy atom. The molecule has 0 amide bonds. The van der Waals surface area contributed by atoms with Crippen LogP contribution >= 0.6 is 0 Å². The molecule has 114 valence electrons. The summed E-state index contributed by atoms with van der Waals surface area (Å²) in [6.45, 7) is 9.23. The summed E-state index contributed by atoms with van der Waals surface area (Å²) in [6.07, 6.45) is 3.56. The lowest BCUT2D eigenvalue weighted by atomic mass is 10.0. The number of ketones is 1. The van der Waals surface area contributed by atoms with E-state index in [9.17, 15) is 4.79 Å². The lowest BCUT2D eigenvalue weighted by Gasteiger charge is -2.36. The maximum atomic E-state index is 12.5. The zero-order valence-electron chi connectivity index (χ0n) is 13.3. The van der Waals surface area contributed by atoms with E-state index in [4.69, 9.17) is 0 Å². The quantitative estimate of drug-likeness (QED) is 0.794. The number of Topliss-reactive ketones (excluding diaryl/α,β-unsaturated/α-hetero) is 1. The fourth-order valence-electron chi connectivity index (χ4n) is 3.48. The number of carbonyl (C=O) groups is 1. The molecule has 3 rings (SSSR count). The van der Waals surface area contributed by atoms with E-state index in [0.717, 1.165) is 38.2 Å². The van der Waals surface area contributed by atoms with E-state index >= 15 is 0 Å². The third-order valence-electron chi connectivity index (χ3n) is 4.92. The van der Waals surface area contributed by atoms with Crippen molar-refractivity contribution < 1.29 is 4.79 Å². The van der Waals surface area contributed by atoms with Crippen molar-refractivity contribution in [3.63, 3.8) is 0 Å². The highest BCUT2D eigenvalue weighted by atomic mass is 16.1. The second-order valence-corrected chi connectivity index (χ2v) is 6.67. The molecule has 0 atom stereocenters. The van der Waals surface area contributed by atoms with Gasteiger partial charge in [0.15, 0.2) is 5.78 Å². The van der Waals surface area contributed by atoms with E-state index in [-0.39, 0.29) is 5.78 Å². The summed E-state index contributed by atoms with van der Waals surface area (Å²) >= 11 is 0. The van der Waals surface area contributed by atoms with Crippen LogP contribution in [0.2, 0.25) is 0 Å². The first-order valence-electron chi connectivity index (χ1n) is 8.25. The molecule has 3 heteroatoms. The fourth-order valence-corrected chi connectivity index (χ4v) is 3.48. The zero-order chi connectivity index (χ0) is 14.8. The number of hydrogen-bond acceptors (Lipinski definition) is 3. The molecule has 0 saturated carbocycles. The molecule has 0 radical (unpaired) electrons. The van der Waals surface area contributed by atoms with E-state index in [0.29, 0.717) is 12.6 Å². The van der Waals surface area contributed by atoms with Gasteiger partial charge in [0.2, 0.25) is 0 Å². The summed E-state index contributed by atoms with van der Waals surface area (Å²) in [5.41, 5.74) is 3.74. The van der Waals surface area contributed by atoms with E-state index in [1.54, 1.807) is 0 Å². The molecule has 0 spiro atoms.